The highest BCUT2D eigenvalue weighted by molar-refractivity contribution is 5.83. The highest BCUT2D eigenvalue weighted by Gasteiger charge is 2.34. The maximum absolute atomic E-state index is 11.2. The van der Waals surface area contributed by atoms with E-state index in [-0.39, 0.29) is 0 Å². The molecule has 0 heterocycles. The van der Waals surface area contributed by atoms with Crippen LogP contribution in [0.5, 0.6) is 0 Å². The van der Waals surface area contributed by atoms with Gasteiger partial charge >= 0.3 is 5.97 Å². The molecule has 3 heteroatoms. The Labute approximate surface area is 125 Å². The second kappa shape index (κ2) is 5.86. The van der Waals surface area contributed by atoms with E-state index in [9.17, 15) is 9.90 Å². The molecule has 110 valence electrons. The minimum Gasteiger partial charge on any atom is -0.480 e. The molecule has 1 N–H and O–H groups in total. The van der Waals surface area contributed by atoms with Crippen LogP contribution >= 0.6 is 0 Å². The number of fused-ring (bicyclic) bond motifs is 1. The van der Waals surface area contributed by atoms with Crippen molar-refractivity contribution in [2.45, 2.75) is 38.3 Å². The lowest BCUT2D eigenvalue weighted by molar-refractivity contribution is -0.142. The van der Waals surface area contributed by atoms with Gasteiger partial charge in [0.05, 0.1) is 0 Å². The maximum Gasteiger partial charge on any atom is 0.320 e. The van der Waals surface area contributed by atoms with Crippen LogP contribution in [0.4, 0.5) is 0 Å². The summed E-state index contributed by atoms with van der Waals surface area (Å²) in [6.07, 6.45) is 3.17. The third-order valence-electron chi connectivity index (χ3n) is 4.34. The third kappa shape index (κ3) is 3.24. The molecule has 0 saturated heterocycles. The van der Waals surface area contributed by atoms with Crippen LogP contribution < -0.4 is 0 Å². The van der Waals surface area contributed by atoms with Crippen LogP contribution in [0, 0.1) is 0 Å². The van der Waals surface area contributed by atoms with Crippen molar-refractivity contribution in [1.82, 2.24) is 4.90 Å². The van der Waals surface area contributed by atoms with E-state index in [0.717, 1.165) is 25.8 Å². The monoisotopic (exact) mass is 283 g/mol. The number of carboxylic acid groups (broad SMARTS) is 1. The van der Waals surface area contributed by atoms with Gasteiger partial charge in [0.15, 0.2) is 0 Å². The molecule has 1 fully saturated rings. The fourth-order valence-corrected chi connectivity index (χ4v) is 2.89. The van der Waals surface area contributed by atoms with Crippen LogP contribution in [0.1, 0.15) is 25.3 Å². The number of nitrogens with zero attached hydrogens (tertiary/aromatic N) is 1. The normalized spacial score (nSPS) is 16.3. The molecule has 0 spiro atoms. The number of hydrogen-bond acceptors (Lipinski definition) is 2. The van der Waals surface area contributed by atoms with Crippen molar-refractivity contribution < 1.29 is 9.90 Å². The van der Waals surface area contributed by atoms with Crippen molar-refractivity contribution in [2.24, 2.45) is 0 Å². The Morgan fingerprint density at radius 3 is 2.62 bits per heavy atom. The fraction of sp³-hybridized carbons (Fsp3) is 0.389. The predicted molar refractivity (Wildman–Crippen MR) is 84.5 cm³/mol. The second-order valence-electron chi connectivity index (χ2n) is 5.91. The van der Waals surface area contributed by atoms with E-state index in [0.29, 0.717) is 6.04 Å². The SMILES string of the molecule is CC(C(=O)O)N(CCc1ccc2ccccc2c1)C1CC1. The van der Waals surface area contributed by atoms with E-state index in [1.54, 1.807) is 6.92 Å². The van der Waals surface area contributed by atoms with E-state index in [4.69, 9.17) is 0 Å². The van der Waals surface area contributed by atoms with E-state index < -0.39 is 12.0 Å². The van der Waals surface area contributed by atoms with E-state index >= 15 is 0 Å². The van der Waals surface area contributed by atoms with Crippen molar-refractivity contribution >= 4 is 16.7 Å². The van der Waals surface area contributed by atoms with Gasteiger partial charge in [-0.2, -0.15) is 0 Å². The van der Waals surface area contributed by atoms with Crippen LogP contribution in [0.3, 0.4) is 0 Å². The lowest BCUT2D eigenvalue weighted by Gasteiger charge is -2.26. The molecule has 2 aromatic rings. The summed E-state index contributed by atoms with van der Waals surface area (Å²) in [5.41, 5.74) is 1.27. The Morgan fingerprint density at radius 2 is 1.95 bits per heavy atom. The lowest BCUT2D eigenvalue weighted by atomic mass is 10.0. The molecule has 3 nitrogen and oxygen atoms in total. The van der Waals surface area contributed by atoms with Crippen molar-refractivity contribution in [2.75, 3.05) is 6.54 Å². The van der Waals surface area contributed by atoms with Gasteiger partial charge in [-0.1, -0.05) is 42.5 Å². The van der Waals surface area contributed by atoms with E-state index in [1.165, 1.54) is 16.3 Å². The molecule has 0 radical (unpaired) electrons. The molecule has 1 aliphatic carbocycles. The number of benzene rings is 2. The standard InChI is InChI=1S/C18H21NO2/c1-13(18(20)21)19(17-8-9-17)11-10-14-6-7-15-4-2-3-5-16(15)12-14/h2-7,12-13,17H,8-11H2,1H3,(H,20,21). The fourth-order valence-electron chi connectivity index (χ4n) is 2.89. The Balaban J connectivity index is 1.70. The largest absolute Gasteiger partial charge is 0.480 e. The average Bonchev–Trinajstić information content (AvgIpc) is 3.32. The highest BCUT2D eigenvalue weighted by Crippen LogP contribution is 2.29. The number of carboxylic acids is 1. The molecule has 1 saturated carbocycles. The van der Waals surface area contributed by atoms with Crippen molar-refractivity contribution in [3.63, 3.8) is 0 Å². The van der Waals surface area contributed by atoms with Gasteiger partial charge in [-0.3, -0.25) is 9.69 Å². The molecule has 1 unspecified atom stereocenters. The van der Waals surface area contributed by atoms with Gasteiger partial charge in [-0.15, -0.1) is 0 Å². The molecule has 3 rings (SSSR count). The minimum absolute atomic E-state index is 0.391. The summed E-state index contributed by atoms with van der Waals surface area (Å²) >= 11 is 0. The lowest BCUT2D eigenvalue weighted by Crippen LogP contribution is -2.41. The summed E-state index contributed by atoms with van der Waals surface area (Å²) < 4.78 is 0. The predicted octanol–water partition coefficient (Wildman–Crippen LogP) is 3.32. The zero-order chi connectivity index (χ0) is 14.8. The zero-order valence-corrected chi connectivity index (χ0v) is 12.3. The van der Waals surface area contributed by atoms with Gasteiger partial charge in [-0.05, 0) is 42.5 Å². The Morgan fingerprint density at radius 1 is 1.24 bits per heavy atom. The molecule has 21 heavy (non-hydrogen) atoms. The summed E-state index contributed by atoms with van der Waals surface area (Å²) in [5, 5.41) is 11.7. The van der Waals surface area contributed by atoms with Crippen molar-refractivity contribution in [3.05, 3.63) is 48.0 Å². The van der Waals surface area contributed by atoms with Crippen LogP contribution in [-0.2, 0) is 11.2 Å². The topological polar surface area (TPSA) is 40.5 Å². The minimum atomic E-state index is -0.722. The molecular formula is C18H21NO2. The first kappa shape index (κ1) is 14.1. The smallest absolute Gasteiger partial charge is 0.320 e. The third-order valence-corrected chi connectivity index (χ3v) is 4.34. The van der Waals surface area contributed by atoms with Gasteiger partial charge in [-0.25, -0.2) is 0 Å². The van der Waals surface area contributed by atoms with Crippen LogP contribution in [-0.4, -0.2) is 34.6 Å². The van der Waals surface area contributed by atoms with E-state index in [1.807, 2.05) is 6.07 Å². The van der Waals surface area contributed by atoms with Gasteiger partial charge in [0.1, 0.15) is 6.04 Å². The molecule has 0 bridgehead atoms. The van der Waals surface area contributed by atoms with Gasteiger partial charge < -0.3 is 5.11 Å². The highest BCUT2D eigenvalue weighted by atomic mass is 16.4. The summed E-state index contributed by atoms with van der Waals surface area (Å²) in [6.45, 7) is 2.61. The summed E-state index contributed by atoms with van der Waals surface area (Å²) in [5.74, 6) is -0.722. The molecular weight excluding hydrogens is 262 g/mol. The summed E-state index contributed by atoms with van der Waals surface area (Å²) in [4.78, 5) is 13.4. The Bertz CT molecular complexity index is 648. The Kier molecular flexibility index (Phi) is 3.93. The molecule has 0 amide bonds. The second-order valence-corrected chi connectivity index (χ2v) is 5.91. The summed E-state index contributed by atoms with van der Waals surface area (Å²) in [7, 11) is 0. The Hall–Kier alpha value is -1.87. The maximum atomic E-state index is 11.2. The molecule has 1 atom stereocenters. The first-order chi connectivity index (χ1) is 10.1. The first-order valence-electron chi connectivity index (χ1n) is 7.61. The van der Waals surface area contributed by atoms with Crippen molar-refractivity contribution in [1.29, 1.82) is 0 Å². The van der Waals surface area contributed by atoms with Crippen LogP contribution in [0.25, 0.3) is 10.8 Å². The number of hydrogen-bond donors (Lipinski definition) is 1. The summed E-state index contributed by atoms with van der Waals surface area (Å²) in [6, 6.07) is 14.9. The van der Waals surface area contributed by atoms with E-state index in [2.05, 4.69) is 41.3 Å². The van der Waals surface area contributed by atoms with Gasteiger partial charge in [0, 0.05) is 12.6 Å². The quantitative estimate of drug-likeness (QED) is 0.884. The first-order valence-corrected chi connectivity index (χ1v) is 7.61. The van der Waals surface area contributed by atoms with Gasteiger partial charge in [0.25, 0.3) is 0 Å². The van der Waals surface area contributed by atoms with Crippen LogP contribution in [0.15, 0.2) is 42.5 Å². The van der Waals surface area contributed by atoms with Crippen molar-refractivity contribution in [3.8, 4) is 0 Å². The zero-order valence-electron chi connectivity index (χ0n) is 12.3. The number of carbonyl (C=O) groups is 1. The number of aliphatic carboxylic acids is 1. The molecule has 0 aliphatic heterocycles. The molecule has 1 aliphatic rings. The number of rotatable bonds is 6. The average molecular weight is 283 g/mol. The molecule has 2 aromatic carbocycles. The van der Waals surface area contributed by atoms with Crippen LogP contribution in [0.2, 0.25) is 0 Å². The van der Waals surface area contributed by atoms with Gasteiger partial charge in [0.2, 0.25) is 0 Å². The molecule has 0 aromatic heterocycles.